The Kier molecular flexibility index (Phi) is 3.20. The van der Waals surface area contributed by atoms with Crippen molar-refractivity contribution in [2.24, 2.45) is 0 Å². The van der Waals surface area contributed by atoms with Gasteiger partial charge in [0.2, 0.25) is 0 Å². The van der Waals surface area contributed by atoms with Crippen LogP contribution in [0.1, 0.15) is 10.7 Å². The molecular weight excluding hydrogens is 256 g/mol. The van der Waals surface area contributed by atoms with Gasteiger partial charge in [-0.2, -0.15) is 0 Å². The quantitative estimate of drug-likeness (QED) is 0.793. The maximum Gasteiger partial charge on any atom is 0.141 e. The van der Waals surface area contributed by atoms with E-state index in [-0.39, 0.29) is 0 Å². The lowest BCUT2D eigenvalue weighted by Gasteiger charge is -1.97. The molecule has 0 spiro atoms. The van der Waals surface area contributed by atoms with Crippen LogP contribution in [0.25, 0.3) is 11.3 Å². The van der Waals surface area contributed by atoms with E-state index in [1.54, 1.807) is 23.7 Å². The predicted octanol–water partition coefficient (Wildman–Crippen LogP) is 2.77. The van der Waals surface area contributed by atoms with Gasteiger partial charge < -0.3 is 5.73 Å². The summed E-state index contributed by atoms with van der Waals surface area (Å²) >= 11 is 1.63. The minimum Gasteiger partial charge on any atom is -0.382 e. The molecule has 2 N–H and O–H groups in total. The molecule has 0 saturated carbocycles. The molecule has 0 saturated heterocycles. The molecule has 0 bridgehead atoms. The molecule has 0 atom stereocenters. The molecule has 19 heavy (non-hydrogen) atoms. The van der Waals surface area contributed by atoms with Gasteiger partial charge in [0.05, 0.1) is 28.8 Å². The van der Waals surface area contributed by atoms with Crippen LogP contribution < -0.4 is 5.73 Å². The number of anilines is 1. The van der Waals surface area contributed by atoms with Crippen LogP contribution in [-0.2, 0) is 6.42 Å². The molecule has 1 aromatic carbocycles. The van der Waals surface area contributed by atoms with E-state index in [1.807, 2.05) is 18.2 Å². The van der Waals surface area contributed by atoms with E-state index < -0.39 is 0 Å². The average molecular weight is 268 g/mol. The van der Waals surface area contributed by atoms with Crippen molar-refractivity contribution in [3.05, 3.63) is 58.8 Å². The fourth-order valence-corrected chi connectivity index (χ4v) is 2.56. The maximum atomic E-state index is 5.51. The Labute approximate surface area is 115 Å². The monoisotopic (exact) mass is 268 g/mol. The van der Waals surface area contributed by atoms with Crippen molar-refractivity contribution in [3.63, 3.8) is 0 Å². The zero-order valence-electron chi connectivity index (χ0n) is 10.2. The Bertz CT molecular complexity index is 661. The zero-order valence-corrected chi connectivity index (χ0v) is 11.0. The van der Waals surface area contributed by atoms with Gasteiger partial charge >= 0.3 is 0 Å². The number of rotatable bonds is 3. The normalized spacial score (nSPS) is 10.5. The molecule has 0 radical (unpaired) electrons. The molecular formula is C14H12N4S. The number of thiazole rings is 1. The molecule has 0 amide bonds. The third-order valence-corrected chi connectivity index (χ3v) is 3.53. The Morgan fingerprint density at radius 2 is 1.89 bits per heavy atom. The summed E-state index contributed by atoms with van der Waals surface area (Å²) in [5.41, 5.74) is 8.53. The van der Waals surface area contributed by atoms with Gasteiger partial charge in [-0.15, -0.1) is 11.3 Å². The fourth-order valence-electron chi connectivity index (χ4n) is 1.74. The van der Waals surface area contributed by atoms with Crippen molar-refractivity contribution < 1.29 is 0 Å². The Morgan fingerprint density at radius 3 is 2.63 bits per heavy atom. The summed E-state index contributed by atoms with van der Waals surface area (Å²) in [7, 11) is 0. The third kappa shape index (κ3) is 2.77. The number of nitrogens with two attached hydrogens (primary N) is 1. The number of aromatic nitrogens is 3. The van der Waals surface area contributed by atoms with Crippen molar-refractivity contribution in [1.82, 2.24) is 15.0 Å². The molecule has 0 fully saturated rings. The van der Waals surface area contributed by atoms with Gasteiger partial charge in [0.15, 0.2) is 0 Å². The highest BCUT2D eigenvalue weighted by atomic mass is 32.1. The van der Waals surface area contributed by atoms with E-state index in [0.717, 1.165) is 22.0 Å². The van der Waals surface area contributed by atoms with E-state index in [1.165, 1.54) is 0 Å². The molecule has 94 valence electrons. The molecule has 0 aliphatic rings. The van der Waals surface area contributed by atoms with Gasteiger partial charge in [-0.1, -0.05) is 30.3 Å². The van der Waals surface area contributed by atoms with Crippen LogP contribution in [-0.4, -0.2) is 15.0 Å². The number of nitrogen functional groups attached to an aromatic ring is 1. The van der Waals surface area contributed by atoms with Gasteiger partial charge in [0.25, 0.3) is 0 Å². The van der Waals surface area contributed by atoms with E-state index in [0.29, 0.717) is 12.2 Å². The maximum absolute atomic E-state index is 5.51. The smallest absolute Gasteiger partial charge is 0.141 e. The first-order valence-electron chi connectivity index (χ1n) is 5.87. The highest BCUT2D eigenvalue weighted by molar-refractivity contribution is 7.10. The van der Waals surface area contributed by atoms with Crippen LogP contribution in [0.4, 0.5) is 5.82 Å². The van der Waals surface area contributed by atoms with Crippen LogP contribution in [0.5, 0.6) is 0 Å². The zero-order chi connectivity index (χ0) is 13.1. The largest absolute Gasteiger partial charge is 0.382 e. The fraction of sp³-hybridized carbons (Fsp3) is 0.0714. The van der Waals surface area contributed by atoms with Crippen molar-refractivity contribution >= 4 is 17.2 Å². The standard InChI is InChI=1S/C14H12N4S/c15-13-8-16-11(7-17-13)6-14-18-12(9-19-14)10-4-2-1-3-5-10/h1-5,7-9H,6H2,(H2,15,17). The lowest BCUT2D eigenvalue weighted by atomic mass is 10.2. The number of hydrogen-bond acceptors (Lipinski definition) is 5. The number of nitrogens with zero attached hydrogens (tertiary/aromatic N) is 3. The molecule has 0 aliphatic carbocycles. The first kappa shape index (κ1) is 11.8. The van der Waals surface area contributed by atoms with Gasteiger partial charge in [-0.25, -0.2) is 9.97 Å². The van der Waals surface area contributed by atoms with Crippen LogP contribution in [0, 0.1) is 0 Å². The van der Waals surface area contributed by atoms with E-state index in [2.05, 4.69) is 32.5 Å². The van der Waals surface area contributed by atoms with Gasteiger partial charge in [-0.05, 0) is 0 Å². The Balaban J connectivity index is 1.80. The van der Waals surface area contributed by atoms with Crippen molar-refractivity contribution in [2.75, 3.05) is 5.73 Å². The summed E-state index contributed by atoms with van der Waals surface area (Å²) in [6.07, 6.45) is 3.95. The second-order valence-electron chi connectivity index (χ2n) is 4.10. The second kappa shape index (κ2) is 5.16. The summed E-state index contributed by atoms with van der Waals surface area (Å²) in [6, 6.07) is 10.1. The molecule has 0 aliphatic heterocycles. The minimum absolute atomic E-state index is 0.438. The summed E-state index contributed by atoms with van der Waals surface area (Å²) in [4.78, 5) is 12.9. The first-order chi connectivity index (χ1) is 9.31. The van der Waals surface area contributed by atoms with Gasteiger partial charge in [0.1, 0.15) is 5.82 Å². The van der Waals surface area contributed by atoms with Gasteiger partial charge in [-0.3, -0.25) is 4.98 Å². The van der Waals surface area contributed by atoms with Crippen molar-refractivity contribution in [1.29, 1.82) is 0 Å². The lowest BCUT2D eigenvalue weighted by molar-refractivity contribution is 1.02. The molecule has 2 heterocycles. The topological polar surface area (TPSA) is 64.7 Å². The average Bonchev–Trinajstić information content (AvgIpc) is 2.91. The number of hydrogen-bond donors (Lipinski definition) is 1. The SMILES string of the molecule is Nc1cnc(Cc2nc(-c3ccccc3)cs2)cn1. The Morgan fingerprint density at radius 1 is 1.05 bits per heavy atom. The lowest BCUT2D eigenvalue weighted by Crippen LogP contribution is -1.96. The molecule has 4 nitrogen and oxygen atoms in total. The minimum atomic E-state index is 0.438. The first-order valence-corrected chi connectivity index (χ1v) is 6.75. The van der Waals surface area contributed by atoms with Crippen molar-refractivity contribution in [3.8, 4) is 11.3 Å². The highest BCUT2D eigenvalue weighted by Crippen LogP contribution is 2.22. The highest BCUT2D eigenvalue weighted by Gasteiger charge is 2.06. The van der Waals surface area contributed by atoms with Crippen LogP contribution in [0.2, 0.25) is 0 Å². The van der Waals surface area contributed by atoms with Crippen LogP contribution in [0.3, 0.4) is 0 Å². The summed E-state index contributed by atoms with van der Waals surface area (Å²) in [6.45, 7) is 0. The van der Waals surface area contributed by atoms with Gasteiger partial charge in [0, 0.05) is 17.4 Å². The van der Waals surface area contributed by atoms with Crippen LogP contribution >= 0.6 is 11.3 Å². The number of benzene rings is 1. The molecule has 3 aromatic rings. The van der Waals surface area contributed by atoms with E-state index in [9.17, 15) is 0 Å². The van der Waals surface area contributed by atoms with Crippen molar-refractivity contribution in [2.45, 2.75) is 6.42 Å². The summed E-state index contributed by atoms with van der Waals surface area (Å²) in [5.74, 6) is 0.438. The molecule has 3 rings (SSSR count). The second-order valence-corrected chi connectivity index (χ2v) is 5.04. The predicted molar refractivity (Wildman–Crippen MR) is 76.8 cm³/mol. The molecule has 2 aromatic heterocycles. The summed E-state index contributed by atoms with van der Waals surface area (Å²) < 4.78 is 0. The van der Waals surface area contributed by atoms with E-state index >= 15 is 0 Å². The summed E-state index contributed by atoms with van der Waals surface area (Å²) in [5, 5.41) is 3.09. The molecule has 0 unspecified atom stereocenters. The molecule has 5 heteroatoms. The van der Waals surface area contributed by atoms with Crippen LogP contribution in [0.15, 0.2) is 48.1 Å². The van der Waals surface area contributed by atoms with E-state index in [4.69, 9.17) is 5.73 Å². The Hall–Kier alpha value is -2.27. The third-order valence-electron chi connectivity index (χ3n) is 2.68.